The van der Waals surface area contributed by atoms with E-state index in [1.165, 1.54) is 0 Å². The van der Waals surface area contributed by atoms with Crippen LogP contribution in [0.1, 0.15) is 17.9 Å². The van der Waals surface area contributed by atoms with Crippen molar-refractivity contribution < 1.29 is 9.47 Å². The minimum Gasteiger partial charge on any atom is -0.378 e. The molecule has 0 aromatic carbocycles. The van der Waals surface area contributed by atoms with Gasteiger partial charge in [0.1, 0.15) is 16.9 Å². The van der Waals surface area contributed by atoms with Gasteiger partial charge in [0.25, 0.3) is 0 Å². The molecule has 0 N–H and O–H groups in total. The van der Waals surface area contributed by atoms with Crippen LogP contribution in [0.4, 0.5) is 0 Å². The summed E-state index contributed by atoms with van der Waals surface area (Å²) in [7, 11) is 1.74. The van der Waals surface area contributed by atoms with Gasteiger partial charge in [0.15, 0.2) is 5.65 Å². The molecule has 3 rings (SSSR count). The zero-order valence-corrected chi connectivity index (χ0v) is 13.2. The fraction of sp³-hybridized carbons (Fsp3) is 0.600. The highest BCUT2D eigenvalue weighted by Gasteiger charge is 2.36. The van der Waals surface area contributed by atoms with Crippen LogP contribution in [0, 0.1) is 6.92 Å². The highest BCUT2D eigenvalue weighted by molar-refractivity contribution is 6.17. The molecule has 0 spiro atoms. The van der Waals surface area contributed by atoms with E-state index >= 15 is 0 Å². The molecule has 2 aromatic rings. The smallest absolute Gasteiger partial charge is 0.160 e. The number of fused-ring (bicyclic) bond motifs is 1. The Bertz CT molecular complexity index is 635. The summed E-state index contributed by atoms with van der Waals surface area (Å²) in [4.78, 5) is 9.32. The molecule has 114 valence electrons. The fourth-order valence-electron chi connectivity index (χ4n) is 2.81. The van der Waals surface area contributed by atoms with Gasteiger partial charge in [0.2, 0.25) is 0 Å². The van der Waals surface area contributed by atoms with E-state index in [4.69, 9.17) is 21.1 Å². The Morgan fingerprint density at radius 2 is 2.29 bits per heavy atom. The molecule has 1 saturated heterocycles. The van der Waals surface area contributed by atoms with Gasteiger partial charge in [0, 0.05) is 38.1 Å². The number of hydrogen-bond donors (Lipinski definition) is 0. The molecule has 1 aliphatic rings. The molecule has 0 radical (unpaired) electrons. The standard InChI is InChI=1S/C15H20ClN3O2/c1-11-3-4-12-14(17-11)19(13(18-12)5-7-16)9-15(20-2)6-8-21-10-15/h3-4H,5-10H2,1-2H3. The molecule has 1 atom stereocenters. The van der Waals surface area contributed by atoms with E-state index in [1.807, 2.05) is 19.1 Å². The van der Waals surface area contributed by atoms with Crippen LogP contribution < -0.4 is 0 Å². The minimum atomic E-state index is -0.292. The first-order chi connectivity index (χ1) is 10.2. The van der Waals surface area contributed by atoms with Crippen molar-refractivity contribution in [3.8, 4) is 0 Å². The van der Waals surface area contributed by atoms with Gasteiger partial charge in [-0.15, -0.1) is 11.6 Å². The number of aryl methyl sites for hydroxylation is 2. The summed E-state index contributed by atoms with van der Waals surface area (Å²) < 4.78 is 13.4. The number of alkyl halides is 1. The summed E-state index contributed by atoms with van der Waals surface area (Å²) in [5.74, 6) is 1.50. The second-order valence-electron chi connectivity index (χ2n) is 5.54. The summed E-state index contributed by atoms with van der Waals surface area (Å²) in [6.07, 6.45) is 1.60. The maximum Gasteiger partial charge on any atom is 0.160 e. The van der Waals surface area contributed by atoms with Crippen molar-refractivity contribution in [3.05, 3.63) is 23.7 Å². The van der Waals surface area contributed by atoms with E-state index in [0.717, 1.165) is 42.1 Å². The van der Waals surface area contributed by atoms with Crippen molar-refractivity contribution in [3.63, 3.8) is 0 Å². The van der Waals surface area contributed by atoms with Crippen molar-refractivity contribution in [2.75, 3.05) is 26.2 Å². The summed E-state index contributed by atoms with van der Waals surface area (Å²) >= 11 is 5.92. The van der Waals surface area contributed by atoms with E-state index in [2.05, 4.69) is 14.5 Å². The molecular weight excluding hydrogens is 290 g/mol. The average molecular weight is 310 g/mol. The largest absolute Gasteiger partial charge is 0.378 e. The van der Waals surface area contributed by atoms with Crippen molar-refractivity contribution >= 4 is 22.8 Å². The first-order valence-corrected chi connectivity index (χ1v) is 7.72. The minimum absolute atomic E-state index is 0.292. The van der Waals surface area contributed by atoms with Crippen molar-refractivity contribution in [1.82, 2.24) is 14.5 Å². The number of imidazole rings is 1. The Morgan fingerprint density at radius 3 is 2.95 bits per heavy atom. The van der Waals surface area contributed by atoms with Gasteiger partial charge >= 0.3 is 0 Å². The lowest BCUT2D eigenvalue weighted by Crippen LogP contribution is -2.37. The molecule has 5 nitrogen and oxygen atoms in total. The fourth-order valence-corrected chi connectivity index (χ4v) is 2.98. The molecule has 1 aliphatic heterocycles. The van der Waals surface area contributed by atoms with Gasteiger partial charge in [0.05, 0.1) is 13.2 Å². The predicted octanol–water partition coefficient (Wildman–Crippen LogP) is 2.33. The maximum absolute atomic E-state index is 5.92. The Hall–Kier alpha value is -1.17. The first-order valence-electron chi connectivity index (χ1n) is 7.19. The Labute approximate surface area is 129 Å². The summed E-state index contributed by atoms with van der Waals surface area (Å²) in [6.45, 7) is 4.03. The molecule has 3 heterocycles. The van der Waals surface area contributed by atoms with Gasteiger partial charge in [-0.3, -0.25) is 0 Å². The topological polar surface area (TPSA) is 49.2 Å². The third-order valence-corrected chi connectivity index (χ3v) is 4.26. The molecule has 2 aromatic heterocycles. The summed E-state index contributed by atoms with van der Waals surface area (Å²) in [5.41, 5.74) is 2.50. The Kier molecular flexibility index (Phi) is 4.15. The molecule has 0 aliphatic carbocycles. The molecular formula is C15H20ClN3O2. The van der Waals surface area contributed by atoms with Crippen molar-refractivity contribution in [2.24, 2.45) is 0 Å². The van der Waals surface area contributed by atoms with Gasteiger partial charge in [-0.2, -0.15) is 0 Å². The molecule has 0 saturated carbocycles. The first kappa shape index (κ1) is 14.8. The Morgan fingerprint density at radius 1 is 1.43 bits per heavy atom. The quantitative estimate of drug-likeness (QED) is 0.795. The third kappa shape index (κ3) is 2.78. The summed E-state index contributed by atoms with van der Waals surface area (Å²) in [6, 6.07) is 3.99. The molecule has 0 amide bonds. The van der Waals surface area contributed by atoms with Crippen LogP contribution in [0.5, 0.6) is 0 Å². The van der Waals surface area contributed by atoms with Gasteiger partial charge in [-0.25, -0.2) is 9.97 Å². The molecule has 21 heavy (non-hydrogen) atoms. The highest BCUT2D eigenvalue weighted by Crippen LogP contribution is 2.27. The number of nitrogens with zero attached hydrogens (tertiary/aromatic N) is 3. The zero-order chi connectivity index (χ0) is 14.9. The number of halogens is 1. The van der Waals surface area contributed by atoms with Crippen LogP contribution in [-0.4, -0.2) is 46.3 Å². The lowest BCUT2D eigenvalue weighted by Gasteiger charge is -2.27. The van der Waals surface area contributed by atoms with Crippen LogP contribution >= 0.6 is 11.6 Å². The van der Waals surface area contributed by atoms with E-state index < -0.39 is 0 Å². The number of aromatic nitrogens is 3. The van der Waals surface area contributed by atoms with Gasteiger partial charge in [-0.05, 0) is 19.1 Å². The maximum atomic E-state index is 5.92. The Balaban J connectivity index is 2.05. The molecule has 1 fully saturated rings. The third-order valence-electron chi connectivity index (χ3n) is 4.08. The second-order valence-corrected chi connectivity index (χ2v) is 5.92. The highest BCUT2D eigenvalue weighted by atomic mass is 35.5. The van der Waals surface area contributed by atoms with E-state index in [9.17, 15) is 0 Å². The lowest BCUT2D eigenvalue weighted by molar-refractivity contribution is -0.0293. The SMILES string of the molecule is COC1(Cn2c(CCCl)nc3ccc(C)nc32)CCOC1. The van der Waals surface area contributed by atoms with Crippen molar-refractivity contribution in [2.45, 2.75) is 31.9 Å². The van der Waals surface area contributed by atoms with Crippen LogP contribution in [0.2, 0.25) is 0 Å². The molecule has 6 heteroatoms. The van der Waals surface area contributed by atoms with Crippen LogP contribution in [0.15, 0.2) is 12.1 Å². The lowest BCUT2D eigenvalue weighted by atomic mass is 10.0. The van der Waals surface area contributed by atoms with Gasteiger partial charge in [-0.1, -0.05) is 0 Å². The number of pyridine rings is 1. The molecule has 1 unspecified atom stereocenters. The predicted molar refractivity (Wildman–Crippen MR) is 81.9 cm³/mol. The van der Waals surface area contributed by atoms with Crippen LogP contribution in [0.3, 0.4) is 0 Å². The summed E-state index contributed by atoms with van der Waals surface area (Å²) in [5, 5.41) is 0. The monoisotopic (exact) mass is 309 g/mol. The number of rotatable bonds is 5. The number of ether oxygens (including phenoxy) is 2. The second kappa shape index (κ2) is 5.91. The van der Waals surface area contributed by atoms with Crippen LogP contribution in [0.25, 0.3) is 11.2 Å². The van der Waals surface area contributed by atoms with E-state index in [0.29, 0.717) is 19.0 Å². The average Bonchev–Trinajstić information content (AvgIpc) is 3.07. The van der Waals surface area contributed by atoms with Crippen molar-refractivity contribution in [1.29, 1.82) is 0 Å². The van der Waals surface area contributed by atoms with E-state index in [1.54, 1.807) is 7.11 Å². The zero-order valence-electron chi connectivity index (χ0n) is 12.4. The molecule has 0 bridgehead atoms. The van der Waals surface area contributed by atoms with E-state index in [-0.39, 0.29) is 5.60 Å². The number of hydrogen-bond acceptors (Lipinski definition) is 4. The number of methoxy groups -OCH3 is 1. The normalized spacial score (nSPS) is 22.2. The van der Waals surface area contributed by atoms with Gasteiger partial charge < -0.3 is 14.0 Å². The van der Waals surface area contributed by atoms with Crippen LogP contribution in [-0.2, 0) is 22.4 Å².